The lowest BCUT2D eigenvalue weighted by Crippen LogP contribution is -2.27. The average Bonchev–Trinajstić information content (AvgIpc) is 2.82. The normalized spacial score (nSPS) is 10.7. The van der Waals surface area contributed by atoms with Crippen LogP contribution in [0.1, 0.15) is 23.0 Å². The zero-order valence-electron chi connectivity index (χ0n) is 11.8. The Hall–Kier alpha value is -2.44. The van der Waals surface area contributed by atoms with Crippen LogP contribution in [0.4, 0.5) is 14.5 Å². The summed E-state index contributed by atoms with van der Waals surface area (Å²) in [7, 11) is 1.51. The van der Waals surface area contributed by atoms with Gasteiger partial charge in [0, 0.05) is 38.0 Å². The van der Waals surface area contributed by atoms with E-state index in [-0.39, 0.29) is 23.5 Å². The minimum Gasteiger partial charge on any atom is -0.396 e. The van der Waals surface area contributed by atoms with Crippen molar-refractivity contribution in [2.45, 2.75) is 20.0 Å². The third-order valence-corrected chi connectivity index (χ3v) is 3.09. The number of nitrogens with two attached hydrogens (primary N) is 1. The van der Waals surface area contributed by atoms with Crippen LogP contribution in [0.25, 0.3) is 0 Å². The van der Waals surface area contributed by atoms with Crippen LogP contribution in [-0.4, -0.2) is 27.6 Å². The first-order chi connectivity index (χ1) is 9.92. The van der Waals surface area contributed by atoms with E-state index in [0.29, 0.717) is 6.54 Å². The minimum atomic E-state index is -0.693. The molecule has 1 aromatic carbocycles. The molecular weight excluding hydrogens is 278 g/mol. The van der Waals surface area contributed by atoms with E-state index in [1.54, 1.807) is 10.9 Å². The van der Waals surface area contributed by atoms with Crippen molar-refractivity contribution in [2.75, 3.05) is 12.8 Å². The molecule has 0 aliphatic heterocycles. The molecule has 1 amide bonds. The Labute approximate surface area is 121 Å². The fourth-order valence-corrected chi connectivity index (χ4v) is 1.92. The summed E-state index contributed by atoms with van der Waals surface area (Å²) in [6.07, 6.45) is 1.57. The van der Waals surface area contributed by atoms with E-state index in [9.17, 15) is 13.6 Å². The zero-order chi connectivity index (χ0) is 15.6. The molecule has 0 spiro atoms. The highest BCUT2D eigenvalue weighted by molar-refractivity contribution is 5.96. The van der Waals surface area contributed by atoms with Crippen molar-refractivity contribution in [2.24, 2.45) is 0 Å². The molecule has 0 unspecified atom stereocenters. The Bertz CT molecular complexity index is 669. The summed E-state index contributed by atoms with van der Waals surface area (Å²) in [6, 6.07) is 3.24. The molecule has 0 aliphatic rings. The molecule has 2 aromatic rings. The standard InChI is InChI=1S/C14H16F2N4O/c1-3-20-8-12(17)13(18-20)14(21)19(2)7-9-4-5-10(15)6-11(9)16/h4-6,8H,3,7,17H2,1-2H3. The summed E-state index contributed by atoms with van der Waals surface area (Å²) in [5, 5.41) is 4.07. The maximum Gasteiger partial charge on any atom is 0.276 e. The largest absolute Gasteiger partial charge is 0.396 e. The molecule has 2 N–H and O–H groups in total. The van der Waals surface area contributed by atoms with Gasteiger partial charge in [0.25, 0.3) is 5.91 Å². The van der Waals surface area contributed by atoms with Crippen LogP contribution in [0.2, 0.25) is 0 Å². The molecule has 21 heavy (non-hydrogen) atoms. The second-order valence-electron chi connectivity index (χ2n) is 4.69. The van der Waals surface area contributed by atoms with Crippen molar-refractivity contribution in [1.29, 1.82) is 0 Å². The predicted molar refractivity (Wildman–Crippen MR) is 74.5 cm³/mol. The summed E-state index contributed by atoms with van der Waals surface area (Å²) >= 11 is 0. The lowest BCUT2D eigenvalue weighted by Gasteiger charge is -2.16. The lowest BCUT2D eigenvalue weighted by atomic mass is 10.2. The van der Waals surface area contributed by atoms with Crippen LogP contribution in [0.15, 0.2) is 24.4 Å². The number of halogens is 2. The number of aromatic nitrogens is 2. The van der Waals surface area contributed by atoms with E-state index >= 15 is 0 Å². The summed E-state index contributed by atoms with van der Waals surface area (Å²) in [4.78, 5) is 13.5. The maximum absolute atomic E-state index is 13.6. The smallest absolute Gasteiger partial charge is 0.276 e. The van der Waals surface area contributed by atoms with E-state index in [1.165, 1.54) is 18.0 Å². The molecule has 2 rings (SSSR count). The second-order valence-corrected chi connectivity index (χ2v) is 4.69. The first kappa shape index (κ1) is 15.0. The van der Waals surface area contributed by atoms with Gasteiger partial charge in [-0.25, -0.2) is 8.78 Å². The van der Waals surface area contributed by atoms with Gasteiger partial charge in [-0.1, -0.05) is 6.07 Å². The predicted octanol–water partition coefficient (Wildman–Crippen LogP) is 2.04. The Morgan fingerprint density at radius 3 is 2.71 bits per heavy atom. The lowest BCUT2D eigenvalue weighted by molar-refractivity contribution is 0.0778. The summed E-state index contributed by atoms with van der Waals surface area (Å²) < 4.78 is 28.0. The fourth-order valence-electron chi connectivity index (χ4n) is 1.92. The topological polar surface area (TPSA) is 64.2 Å². The third-order valence-electron chi connectivity index (χ3n) is 3.09. The van der Waals surface area contributed by atoms with Crippen molar-refractivity contribution in [1.82, 2.24) is 14.7 Å². The number of hydrogen-bond acceptors (Lipinski definition) is 3. The molecule has 0 fully saturated rings. The Morgan fingerprint density at radius 1 is 1.43 bits per heavy atom. The molecule has 7 heteroatoms. The van der Waals surface area contributed by atoms with Crippen molar-refractivity contribution in [3.63, 3.8) is 0 Å². The van der Waals surface area contributed by atoms with Gasteiger partial charge >= 0.3 is 0 Å². The number of carbonyl (C=O) groups is 1. The molecule has 0 atom stereocenters. The first-order valence-corrected chi connectivity index (χ1v) is 6.44. The van der Waals surface area contributed by atoms with Gasteiger partial charge in [0.05, 0.1) is 5.69 Å². The molecule has 1 heterocycles. The van der Waals surface area contributed by atoms with Gasteiger partial charge in [-0.2, -0.15) is 5.10 Å². The fraction of sp³-hybridized carbons (Fsp3) is 0.286. The number of nitrogens with zero attached hydrogens (tertiary/aromatic N) is 3. The van der Waals surface area contributed by atoms with Gasteiger partial charge in [0.15, 0.2) is 5.69 Å². The number of amides is 1. The highest BCUT2D eigenvalue weighted by atomic mass is 19.1. The number of carbonyl (C=O) groups excluding carboxylic acids is 1. The summed E-state index contributed by atoms with van der Waals surface area (Å²) in [5.41, 5.74) is 6.37. The van der Waals surface area contributed by atoms with Crippen molar-refractivity contribution in [3.05, 3.63) is 47.3 Å². The molecule has 1 aromatic heterocycles. The number of rotatable bonds is 4. The number of anilines is 1. The van der Waals surface area contributed by atoms with Crippen LogP contribution < -0.4 is 5.73 Å². The summed E-state index contributed by atoms with van der Waals surface area (Å²) in [5.74, 6) is -1.76. The highest BCUT2D eigenvalue weighted by Gasteiger charge is 2.20. The van der Waals surface area contributed by atoms with Gasteiger partial charge in [0.2, 0.25) is 0 Å². The zero-order valence-corrected chi connectivity index (χ0v) is 11.8. The minimum absolute atomic E-state index is 0.00334. The molecule has 112 valence electrons. The number of hydrogen-bond donors (Lipinski definition) is 1. The van der Waals surface area contributed by atoms with Crippen LogP contribution in [0.5, 0.6) is 0 Å². The van der Waals surface area contributed by atoms with E-state index < -0.39 is 17.5 Å². The van der Waals surface area contributed by atoms with Gasteiger partial charge in [0.1, 0.15) is 11.6 Å². The molecular formula is C14H16F2N4O. The maximum atomic E-state index is 13.6. The van der Waals surface area contributed by atoms with Gasteiger partial charge < -0.3 is 10.6 Å². The van der Waals surface area contributed by atoms with Crippen LogP contribution in [0, 0.1) is 11.6 Å². The second kappa shape index (κ2) is 5.90. The number of benzene rings is 1. The summed E-state index contributed by atoms with van der Waals surface area (Å²) in [6.45, 7) is 2.47. The monoisotopic (exact) mass is 294 g/mol. The Kier molecular flexibility index (Phi) is 4.21. The first-order valence-electron chi connectivity index (χ1n) is 6.44. The SMILES string of the molecule is CCn1cc(N)c(C(=O)N(C)Cc2ccc(F)cc2F)n1. The van der Waals surface area contributed by atoms with Crippen molar-refractivity contribution in [3.8, 4) is 0 Å². The van der Waals surface area contributed by atoms with E-state index in [2.05, 4.69) is 5.10 Å². The van der Waals surface area contributed by atoms with Crippen molar-refractivity contribution >= 4 is 11.6 Å². The number of nitrogen functional groups attached to an aromatic ring is 1. The van der Waals surface area contributed by atoms with E-state index in [4.69, 9.17) is 5.73 Å². The molecule has 5 nitrogen and oxygen atoms in total. The van der Waals surface area contributed by atoms with Gasteiger partial charge in [-0.05, 0) is 13.0 Å². The van der Waals surface area contributed by atoms with Crippen LogP contribution in [-0.2, 0) is 13.1 Å². The molecule has 0 saturated carbocycles. The third kappa shape index (κ3) is 3.18. The van der Waals surface area contributed by atoms with Crippen LogP contribution in [0.3, 0.4) is 0 Å². The Morgan fingerprint density at radius 2 is 2.14 bits per heavy atom. The van der Waals surface area contributed by atoms with Gasteiger partial charge in [-0.3, -0.25) is 9.48 Å². The molecule has 0 radical (unpaired) electrons. The molecule has 0 bridgehead atoms. The van der Waals surface area contributed by atoms with Crippen LogP contribution >= 0.6 is 0 Å². The quantitative estimate of drug-likeness (QED) is 0.938. The Balaban J connectivity index is 2.17. The number of aryl methyl sites for hydroxylation is 1. The average molecular weight is 294 g/mol. The molecule has 0 aliphatic carbocycles. The van der Waals surface area contributed by atoms with Gasteiger partial charge in [-0.15, -0.1) is 0 Å². The van der Waals surface area contributed by atoms with E-state index in [0.717, 1.165) is 12.1 Å². The van der Waals surface area contributed by atoms with Crippen molar-refractivity contribution < 1.29 is 13.6 Å². The molecule has 0 saturated heterocycles. The van der Waals surface area contributed by atoms with E-state index in [1.807, 2.05) is 6.92 Å². The highest BCUT2D eigenvalue weighted by Crippen LogP contribution is 2.15.